The zero-order chi connectivity index (χ0) is 16.4. The fraction of sp³-hybridized carbons (Fsp3) is 0.462. The second kappa shape index (κ2) is 5.98. The summed E-state index contributed by atoms with van der Waals surface area (Å²) in [6, 6.07) is 2.83. The lowest BCUT2D eigenvalue weighted by molar-refractivity contribution is -0.119. The normalized spacial score (nSPS) is 13.6. The molecule has 0 saturated carbocycles. The van der Waals surface area contributed by atoms with Crippen LogP contribution in [0.25, 0.3) is 0 Å². The van der Waals surface area contributed by atoms with Gasteiger partial charge in [0.2, 0.25) is 15.9 Å². The molecule has 21 heavy (non-hydrogen) atoms. The Kier molecular flexibility index (Phi) is 4.95. The Balaban J connectivity index is 2.96. The zero-order valence-corrected chi connectivity index (χ0v) is 13.2. The predicted octanol–water partition coefficient (Wildman–Crippen LogP) is 1.51. The standard InChI is InChI=1S/C13H20FN3O3S/c1-13(2,3)11(15)12(18)16-8-5-6-9(14)10(7-8)17-21(4,19)20/h5-7,11,17H,15H2,1-4H3,(H,16,18). The highest BCUT2D eigenvalue weighted by Gasteiger charge is 2.27. The van der Waals surface area contributed by atoms with Gasteiger partial charge in [0.15, 0.2) is 0 Å². The molecule has 0 aliphatic rings. The number of hydrogen-bond acceptors (Lipinski definition) is 4. The number of anilines is 2. The highest BCUT2D eigenvalue weighted by Crippen LogP contribution is 2.22. The average molecular weight is 317 g/mol. The van der Waals surface area contributed by atoms with Crippen molar-refractivity contribution in [1.29, 1.82) is 0 Å². The minimum Gasteiger partial charge on any atom is -0.325 e. The lowest BCUT2D eigenvalue weighted by Gasteiger charge is -2.25. The molecule has 8 heteroatoms. The van der Waals surface area contributed by atoms with Crippen molar-refractivity contribution < 1.29 is 17.6 Å². The van der Waals surface area contributed by atoms with Crippen LogP contribution in [0, 0.1) is 11.2 Å². The molecule has 1 rings (SSSR count). The second-order valence-corrected chi connectivity index (χ2v) is 7.65. The Bertz CT molecular complexity index is 639. The number of nitrogens with one attached hydrogen (secondary N) is 2. The van der Waals surface area contributed by atoms with Crippen molar-refractivity contribution in [3.63, 3.8) is 0 Å². The van der Waals surface area contributed by atoms with Gasteiger partial charge in [0.25, 0.3) is 0 Å². The third-order valence-corrected chi connectivity index (χ3v) is 3.34. The largest absolute Gasteiger partial charge is 0.325 e. The summed E-state index contributed by atoms with van der Waals surface area (Å²) in [5.74, 6) is -1.17. The molecule has 4 N–H and O–H groups in total. The molecule has 1 amide bonds. The van der Waals surface area contributed by atoms with Gasteiger partial charge in [-0.25, -0.2) is 12.8 Å². The molecule has 0 saturated heterocycles. The van der Waals surface area contributed by atoms with Crippen LogP contribution in [0.1, 0.15) is 20.8 Å². The van der Waals surface area contributed by atoms with Crippen LogP contribution in [0.3, 0.4) is 0 Å². The van der Waals surface area contributed by atoms with Crippen LogP contribution in [-0.2, 0) is 14.8 Å². The second-order valence-electron chi connectivity index (χ2n) is 5.90. The molecule has 1 aromatic carbocycles. The molecule has 0 radical (unpaired) electrons. The van der Waals surface area contributed by atoms with Gasteiger partial charge in [0, 0.05) is 5.69 Å². The monoisotopic (exact) mass is 317 g/mol. The summed E-state index contributed by atoms with van der Waals surface area (Å²) in [7, 11) is -3.61. The van der Waals surface area contributed by atoms with E-state index >= 15 is 0 Å². The van der Waals surface area contributed by atoms with Crippen molar-refractivity contribution in [3.8, 4) is 0 Å². The summed E-state index contributed by atoms with van der Waals surface area (Å²) in [4.78, 5) is 12.0. The first kappa shape index (κ1) is 17.4. The number of benzene rings is 1. The Labute approximate surface area is 124 Å². The van der Waals surface area contributed by atoms with E-state index in [0.717, 1.165) is 12.3 Å². The third kappa shape index (κ3) is 5.31. The van der Waals surface area contributed by atoms with Gasteiger partial charge in [-0.3, -0.25) is 9.52 Å². The van der Waals surface area contributed by atoms with Crippen LogP contribution in [0.15, 0.2) is 18.2 Å². The number of halogens is 1. The number of nitrogens with two attached hydrogens (primary N) is 1. The van der Waals surface area contributed by atoms with E-state index in [-0.39, 0.29) is 11.4 Å². The molecule has 0 fully saturated rings. The van der Waals surface area contributed by atoms with Crippen LogP contribution in [0.2, 0.25) is 0 Å². The highest BCUT2D eigenvalue weighted by atomic mass is 32.2. The first-order valence-corrected chi connectivity index (χ1v) is 8.13. The molecular formula is C13H20FN3O3S. The Morgan fingerprint density at radius 3 is 2.38 bits per heavy atom. The topological polar surface area (TPSA) is 101 Å². The molecule has 118 valence electrons. The van der Waals surface area contributed by atoms with E-state index in [1.165, 1.54) is 12.1 Å². The van der Waals surface area contributed by atoms with Crippen LogP contribution in [0.5, 0.6) is 0 Å². The number of carbonyl (C=O) groups is 1. The molecular weight excluding hydrogens is 297 g/mol. The molecule has 0 aliphatic carbocycles. The third-order valence-electron chi connectivity index (χ3n) is 2.74. The van der Waals surface area contributed by atoms with Crippen LogP contribution >= 0.6 is 0 Å². The van der Waals surface area contributed by atoms with Gasteiger partial charge < -0.3 is 11.1 Å². The van der Waals surface area contributed by atoms with Crippen molar-refractivity contribution >= 4 is 27.3 Å². The summed E-state index contributed by atoms with van der Waals surface area (Å²) in [6.07, 6.45) is 0.910. The van der Waals surface area contributed by atoms with Crippen molar-refractivity contribution in [3.05, 3.63) is 24.0 Å². The maximum atomic E-state index is 13.5. The Morgan fingerprint density at radius 1 is 1.33 bits per heavy atom. The fourth-order valence-electron chi connectivity index (χ4n) is 1.49. The SMILES string of the molecule is CC(C)(C)C(N)C(=O)Nc1ccc(F)c(NS(C)(=O)=O)c1. The molecule has 0 bridgehead atoms. The average Bonchev–Trinajstić information content (AvgIpc) is 2.29. The lowest BCUT2D eigenvalue weighted by Crippen LogP contribution is -2.45. The fourth-order valence-corrected chi connectivity index (χ4v) is 2.05. The number of carbonyl (C=O) groups excluding carboxylic acids is 1. The van der Waals surface area contributed by atoms with Gasteiger partial charge in [-0.05, 0) is 23.6 Å². The van der Waals surface area contributed by atoms with E-state index in [9.17, 15) is 17.6 Å². The quantitative estimate of drug-likeness (QED) is 0.783. The van der Waals surface area contributed by atoms with E-state index in [2.05, 4.69) is 5.32 Å². The van der Waals surface area contributed by atoms with Crippen molar-refractivity contribution in [2.24, 2.45) is 11.1 Å². The summed E-state index contributed by atoms with van der Waals surface area (Å²) in [6.45, 7) is 5.45. The van der Waals surface area contributed by atoms with E-state index in [1.807, 2.05) is 25.5 Å². The van der Waals surface area contributed by atoms with E-state index < -0.39 is 33.2 Å². The molecule has 0 aromatic heterocycles. The first-order valence-electron chi connectivity index (χ1n) is 6.24. The number of amides is 1. The summed E-state index contributed by atoms with van der Waals surface area (Å²) >= 11 is 0. The Morgan fingerprint density at radius 2 is 1.90 bits per heavy atom. The maximum absolute atomic E-state index is 13.5. The van der Waals surface area contributed by atoms with E-state index in [1.54, 1.807) is 0 Å². The number of hydrogen-bond donors (Lipinski definition) is 3. The molecule has 1 unspecified atom stereocenters. The van der Waals surface area contributed by atoms with Gasteiger partial charge >= 0.3 is 0 Å². The van der Waals surface area contributed by atoms with Crippen molar-refractivity contribution in [1.82, 2.24) is 0 Å². The van der Waals surface area contributed by atoms with E-state index in [4.69, 9.17) is 5.73 Å². The minimum atomic E-state index is -3.61. The Hall–Kier alpha value is -1.67. The highest BCUT2D eigenvalue weighted by molar-refractivity contribution is 7.92. The predicted molar refractivity (Wildman–Crippen MR) is 80.9 cm³/mol. The van der Waals surface area contributed by atoms with Crippen molar-refractivity contribution in [2.45, 2.75) is 26.8 Å². The van der Waals surface area contributed by atoms with Gasteiger partial charge in [-0.15, -0.1) is 0 Å². The summed E-state index contributed by atoms with van der Waals surface area (Å²) in [5, 5.41) is 2.54. The zero-order valence-electron chi connectivity index (χ0n) is 12.4. The van der Waals surface area contributed by atoms with Crippen molar-refractivity contribution in [2.75, 3.05) is 16.3 Å². The van der Waals surface area contributed by atoms with Gasteiger partial charge in [0.05, 0.1) is 18.0 Å². The van der Waals surface area contributed by atoms with E-state index in [0.29, 0.717) is 0 Å². The molecule has 0 spiro atoms. The van der Waals surface area contributed by atoms with Gasteiger partial charge in [0.1, 0.15) is 5.82 Å². The lowest BCUT2D eigenvalue weighted by atomic mass is 9.87. The number of rotatable bonds is 4. The molecule has 1 aromatic rings. The maximum Gasteiger partial charge on any atom is 0.241 e. The van der Waals surface area contributed by atoms with Crippen LogP contribution in [-0.4, -0.2) is 26.6 Å². The minimum absolute atomic E-state index is 0.236. The smallest absolute Gasteiger partial charge is 0.241 e. The van der Waals surface area contributed by atoms with Crippen LogP contribution < -0.4 is 15.8 Å². The van der Waals surface area contributed by atoms with Gasteiger partial charge in [-0.2, -0.15) is 0 Å². The number of sulfonamides is 1. The molecule has 0 heterocycles. The van der Waals surface area contributed by atoms with Crippen LogP contribution in [0.4, 0.5) is 15.8 Å². The molecule has 6 nitrogen and oxygen atoms in total. The summed E-state index contributed by atoms with van der Waals surface area (Å²) in [5.41, 5.74) is 5.40. The van der Waals surface area contributed by atoms with Gasteiger partial charge in [-0.1, -0.05) is 20.8 Å². The molecule has 1 atom stereocenters. The first-order chi connectivity index (χ1) is 9.40. The summed E-state index contributed by atoms with van der Waals surface area (Å²) < 4.78 is 37.8. The molecule has 0 aliphatic heterocycles.